The van der Waals surface area contributed by atoms with Gasteiger partial charge in [0.1, 0.15) is 0 Å². The Bertz CT molecular complexity index is 1000. The number of aromatic nitrogens is 2. The lowest BCUT2D eigenvalue weighted by Crippen LogP contribution is -2.20. The summed E-state index contributed by atoms with van der Waals surface area (Å²) in [5.41, 5.74) is 0.477. The summed E-state index contributed by atoms with van der Waals surface area (Å²) in [4.78, 5) is 0.271. The van der Waals surface area contributed by atoms with E-state index in [2.05, 4.69) is 9.82 Å². The Morgan fingerprint density at radius 3 is 2.73 bits per heavy atom. The molecule has 0 aliphatic carbocycles. The van der Waals surface area contributed by atoms with Gasteiger partial charge in [-0.2, -0.15) is 5.10 Å². The van der Waals surface area contributed by atoms with E-state index in [1.54, 1.807) is 29.2 Å². The van der Waals surface area contributed by atoms with Crippen LogP contribution in [-0.4, -0.2) is 31.4 Å². The van der Waals surface area contributed by atoms with Crippen molar-refractivity contribution >= 4 is 26.5 Å². The second-order valence-corrected chi connectivity index (χ2v) is 8.24. The zero-order valence-electron chi connectivity index (χ0n) is 14.3. The van der Waals surface area contributed by atoms with E-state index in [4.69, 9.17) is 4.74 Å². The van der Waals surface area contributed by atoms with Gasteiger partial charge in [-0.1, -0.05) is 36.4 Å². The molecule has 136 valence electrons. The summed E-state index contributed by atoms with van der Waals surface area (Å²) in [6, 6.07) is 12.7. The molecule has 26 heavy (non-hydrogen) atoms. The second-order valence-electron chi connectivity index (χ2n) is 6.59. The maximum atomic E-state index is 12.9. The smallest absolute Gasteiger partial charge is 0.262 e. The molecule has 0 spiro atoms. The highest BCUT2D eigenvalue weighted by Gasteiger charge is 2.19. The van der Waals surface area contributed by atoms with Gasteiger partial charge in [-0.3, -0.25) is 9.40 Å². The maximum absolute atomic E-state index is 12.9. The van der Waals surface area contributed by atoms with Crippen LogP contribution >= 0.6 is 0 Å². The first-order chi connectivity index (χ1) is 12.6. The quantitative estimate of drug-likeness (QED) is 0.747. The van der Waals surface area contributed by atoms with Crippen LogP contribution in [0.2, 0.25) is 0 Å². The van der Waals surface area contributed by atoms with Crippen molar-refractivity contribution < 1.29 is 13.2 Å². The Balaban J connectivity index is 1.54. The number of ether oxygens (including phenoxy) is 1. The average molecular weight is 371 g/mol. The molecular formula is C19H21N3O3S. The third kappa shape index (κ3) is 3.59. The Hall–Kier alpha value is -2.38. The van der Waals surface area contributed by atoms with Crippen molar-refractivity contribution in [2.45, 2.75) is 24.3 Å². The molecule has 2 heterocycles. The molecule has 1 N–H and O–H groups in total. The molecule has 0 unspecified atom stereocenters. The third-order valence-electron chi connectivity index (χ3n) is 4.71. The second kappa shape index (κ2) is 7.09. The molecule has 2 aromatic carbocycles. The number of hydrogen-bond acceptors (Lipinski definition) is 4. The Labute approximate surface area is 152 Å². The van der Waals surface area contributed by atoms with Crippen LogP contribution in [0.4, 0.5) is 5.69 Å². The average Bonchev–Trinajstić information content (AvgIpc) is 3.08. The van der Waals surface area contributed by atoms with E-state index in [0.29, 0.717) is 17.0 Å². The first-order valence-electron chi connectivity index (χ1n) is 8.73. The summed E-state index contributed by atoms with van der Waals surface area (Å²) >= 11 is 0. The summed E-state index contributed by atoms with van der Waals surface area (Å²) < 4.78 is 35.5. The molecule has 3 aromatic rings. The van der Waals surface area contributed by atoms with Crippen molar-refractivity contribution in [3.05, 3.63) is 54.9 Å². The standard InChI is InChI=1S/C19H21N3O3S/c23-26(24,19-7-3-5-16-4-1-2-6-18(16)19)21-17-12-20-22(14-17)13-15-8-10-25-11-9-15/h1-7,12,14-15,21H,8-11,13H2. The predicted molar refractivity (Wildman–Crippen MR) is 101 cm³/mol. The van der Waals surface area contributed by atoms with E-state index >= 15 is 0 Å². The summed E-state index contributed by atoms with van der Waals surface area (Å²) in [5.74, 6) is 0.520. The van der Waals surface area contributed by atoms with Crippen molar-refractivity contribution in [2.24, 2.45) is 5.92 Å². The van der Waals surface area contributed by atoms with Crippen LogP contribution in [0, 0.1) is 5.92 Å². The van der Waals surface area contributed by atoms with Crippen molar-refractivity contribution in [3.63, 3.8) is 0 Å². The van der Waals surface area contributed by atoms with E-state index in [-0.39, 0.29) is 4.90 Å². The molecule has 1 aliphatic rings. The number of nitrogens with one attached hydrogen (secondary N) is 1. The molecule has 4 rings (SSSR count). The molecule has 1 aliphatic heterocycles. The Morgan fingerprint density at radius 2 is 1.88 bits per heavy atom. The zero-order chi connectivity index (χ0) is 18.0. The SMILES string of the molecule is O=S(=O)(Nc1cnn(CC2CCOCC2)c1)c1cccc2ccccc12. The van der Waals surface area contributed by atoms with Crippen molar-refractivity contribution in [3.8, 4) is 0 Å². The van der Waals surface area contributed by atoms with E-state index < -0.39 is 10.0 Å². The normalized spacial score (nSPS) is 16.0. The van der Waals surface area contributed by atoms with Gasteiger partial charge in [-0.15, -0.1) is 0 Å². The van der Waals surface area contributed by atoms with Crippen molar-refractivity contribution in [1.82, 2.24) is 9.78 Å². The first-order valence-corrected chi connectivity index (χ1v) is 10.2. The van der Waals surface area contributed by atoms with Crippen molar-refractivity contribution in [2.75, 3.05) is 17.9 Å². The topological polar surface area (TPSA) is 73.2 Å². The fraction of sp³-hybridized carbons (Fsp3) is 0.316. The molecule has 1 aromatic heterocycles. The zero-order valence-corrected chi connectivity index (χ0v) is 15.2. The fourth-order valence-corrected chi connectivity index (χ4v) is 4.61. The Morgan fingerprint density at radius 1 is 1.12 bits per heavy atom. The van der Waals surface area contributed by atoms with Crippen LogP contribution in [0.5, 0.6) is 0 Å². The van der Waals surface area contributed by atoms with E-state index in [1.807, 2.05) is 30.3 Å². The molecular weight excluding hydrogens is 350 g/mol. The number of rotatable bonds is 5. The molecule has 6 nitrogen and oxygen atoms in total. The van der Waals surface area contributed by atoms with Crippen LogP contribution in [0.15, 0.2) is 59.8 Å². The molecule has 0 radical (unpaired) electrons. The van der Waals surface area contributed by atoms with Gasteiger partial charge < -0.3 is 4.74 Å². The third-order valence-corrected chi connectivity index (χ3v) is 6.15. The van der Waals surface area contributed by atoms with E-state index in [0.717, 1.165) is 38.0 Å². The maximum Gasteiger partial charge on any atom is 0.262 e. The summed E-state index contributed by atoms with van der Waals surface area (Å²) in [6.45, 7) is 2.35. The van der Waals surface area contributed by atoms with Gasteiger partial charge in [0.05, 0.1) is 16.8 Å². The summed E-state index contributed by atoms with van der Waals surface area (Å²) in [7, 11) is -3.68. The molecule has 0 saturated carbocycles. The first kappa shape index (κ1) is 17.1. The molecule has 1 fully saturated rings. The summed E-state index contributed by atoms with van der Waals surface area (Å²) in [5, 5.41) is 5.90. The van der Waals surface area contributed by atoms with Crippen molar-refractivity contribution in [1.29, 1.82) is 0 Å². The number of nitrogens with zero attached hydrogens (tertiary/aromatic N) is 2. The Kier molecular flexibility index (Phi) is 4.65. The minimum atomic E-state index is -3.68. The van der Waals surface area contributed by atoms with E-state index in [9.17, 15) is 8.42 Å². The van der Waals surface area contributed by atoms with Crippen LogP contribution in [0.1, 0.15) is 12.8 Å². The van der Waals surface area contributed by atoms with Gasteiger partial charge in [-0.25, -0.2) is 8.42 Å². The highest BCUT2D eigenvalue weighted by Crippen LogP contribution is 2.25. The lowest BCUT2D eigenvalue weighted by atomic mass is 10.0. The molecule has 7 heteroatoms. The largest absolute Gasteiger partial charge is 0.381 e. The van der Waals surface area contributed by atoms with Gasteiger partial charge in [0, 0.05) is 31.3 Å². The minimum Gasteiger partial charge on any atom is -0.381 e. The van der Waals surface area contributed by atoms with Gasteiger partial charge >= 0.3 is 0 Å². The monoisotopic (exact) mass is 371 g/mol. The summed E-state index contributed by atoms with van der Waals surface area (Å²) in [6.07, 6.45) is 5.33. The number of hydrogen-bond donors (Lipinski definition) is 1. The number of fused-ring (bicyclic) bond motifs is 1. The molecule has 0 atom stereocenters. The highest BCUT2D eigenvalue weighted by atomic mass is 32.2. The number of benzene rings is 2. The molecule has 1 saturated heterocycles. The van der Waals surface area contributed by atoms with Gasteiger partial charge in [0.25, 0.3) is 10.0 Å². The van der Waals surface area contributed by atoms with Gasteiger partial charge in [0.15, 0.2) is 0 Å². The van der Waals surface area contributed by atoms with Crippen LogP contribution < -0.4 is 4.72 Å². The lowest BCUT2D eigenvalue weighted by molar-refractivity contribution is 0.0601. The van der Waals surface area contributed by atoms with E-state index in [1.165, 1.54) is 0 Å². The molecule has 0 amide bonds. The predicted octanol–water partition coefficient (Wildman–Crippen LogP) is 3.26. The fourth-order valence-electron chi connectivity index (χ4n) is 3.35. The van der Waals surface area contributed by atoms with Crippen LogP contribution in [-0.2, 0) is 21.3 Å². The van der Waals surface area contributed by atoms with Crippen LogP contribution in [0.25, 0.3) is 10.8 Å². The highest BCUT2D eigenvalue weighted by molar-refractivity contribution is 7.93. The van der Waals surface area contributed by atoms with Gasteiger partial charge in [0.2, 0.25) is 0 Å². The van der Waals surface area contributed by atoms with Crippen LogP contribution in [0.3, 0.4) is 0 Å². The lowest BCUT2D eigenvalue weighted by Gasteiger charge is -2.21. The molecule has 0 bridgehead atoms. The minimum absolute atomic E-state index is 0.271. The number of anilines is 1. The number of sulfonamides is 1. The van der Waals surface area contributed by atoms with Gasteiger partial charge in [-0.05, 0) is 30.2 Å².